The highest BCUT2D eigenvalue weighted by Gasteiger charge is 2.18. The molecule has 2 heterocycles. The van der Waals surface area contributed by atoms with Gasteiger partial charge >= 0.3 is 12.0 Å². The Morgan fingerprint density at radius 1 is 1.41 bits per heavy atom. The van der Waals surface area contributed by atoms with Gasteiger partial charge in [0.05, 0.1) is 0 Å². The zero-order valence-electron chi connectivity index (χ0n) is 8.50. The Kier molecular flexibility index (Phi) is 2.57. The van der Waals surface area contributed by atoms with E-state index in [0.717, 1.165) is 6.07 Å². The van der Waals surface area contributed by atoms with E-state index < -0.39 is 17.6 Å². The number of nitrogens with one attached hydrogen (secondary N) is 1. The van der Waals surface area contributed by atoms with Gasteiger partial charge in [0.25, 0.3) is 5.91 Å². The number of hydrogen-bond acceptors (Lipinski definition) is 7. The average molecular weight is 238 g/mol. The van der Waals surface area contributed by atoms with Gasteiger partial charge in [-0.2, -0.15) is 0 Å². The van der Waals surface area contributed by atoms with Gasteiger partial charge in [-0.3, -0.25) is 10.1 Å². The van der Waals surface area contributed by atoms with Gasteiger partial charge in [0, 0.05) is 13.0 Å². The lowest BCUT2D eigenvalue weighted by atomic mass is 10.3. The van der Waals surface area contributed by atoms with Gasteiger partial charge in [-0.1, -0.05) is 10.3 Å². The molecule has 0 aliphatic rings. The van der Waals surface area contributed by atoms with Crippen molar-refractivity contribution in [2.75, 3.05) is 5.32 Å². The van der Waals surface area contributed by atoms with Gasteiger partial charge in [0.1, 0.15) is 0 Å². The summed E-state index contributed by atoms with van der Waals surface area (Å²) < 4.78 is 9.31. The van der Waals surface area contributed by atoms with Crippen LogP contribution in [0.5, 0.6) is 0 Å². The van der Waals surface area contributed by atoms with Crippen LogP contribution in [0.15, 0.2) is 15.0 Å². The molecule has 9 heteroatoms. The van der Waals surface area contributed by atoms with Crippen LogP contribution in [0.2, 0.25) is 0 Å². The molecule has 0 aromatic carbocycles. The molecule has 1 amide bonds. The fraction of sp³-hybridized carbons (Fsp3) is 0.125. The van der Waals surface area contributed by atoms with Crippen LogP contribution in [0.3, 0.4) is 0 Å². The van der Waals surface area contributed by atoms with Crippen LogP contribution < -0.4 is 5.32 Å². The molecule has 88 valence electrons. The summed E-state index contributed by atoms with van der Waals surface area (Å²) in [6.07, 6.45) is 0. The Morgan fingerprint density at radius 3 is 2.71 bits per heavy atom. The third-order valence-electron chi connectivity index (χ3n) is 1.70. The maximum atomic E-state index is 11.5. The standard InChI is InChI=1S/C8H6N4O5/c1-3-10-11-8(16-3)9-6(13)4-2-5(7(14)15)17-12-4/h2H,1H3,(H,14,15)(H,9,11,13). The number of hydrogen-bond donors (Lipinski definition) is 2. The summed E-state index contributed by atoms with van der Waals surface area (Å²) in [5.74, 6) is -2.17. The summed E-state index contributed by atoms with van der Waals surface area (Å²) in [4.78, 5) is 22.0. The molecule has 2 rings (SSSR count). The number of carbonyl (C=O) groups excluding carboxylic acids is 1. The summed E-state index contributed by atoms with van der Waals surface area (Å²) >= 11 is 0. The number of carbonyl (C=O) groups is 2. The molecule has 2 N–H and O–H groups in total. The van der Waals surface area contributed by atoms with E-state index in [1.807, 2.05) is 0 Å². The minimum absolute atomic E-state index is 0.104. The predicted molar refractivity (Wildman–Crippen MR) is 50.5 cm³/mol. The molecule has 0 bridgehead atoms. The van der Waals surface area contributed by atoms with Crippen LogP contribution in [0.4, 0.5) is 6.01 Å². The van der Waals surface area contributed by atoms with Gasteiger partial charge in [-0.05, 0) is 0 Å². The zero-order valence-corrected chi connectivity index (χ0v) is 8.50. The average Bonchev–Trinajstić information content (AvgIpc) is 2.86. The predicted octanol–water partition coefficient (Wildman–Crippen LogP) is 0.317. The van der Waals surface area contributed by atoms with Crippen LogP contribution in [-0.2, 0) is 0 Å². The summed E-state index contributed by atoms with van der Waals surface area (Å²) in [6, 6.07) is 0.883. The molecular formula is C8H6N4O5. The van der Waals surface area contributed by atoms with Gasteiger partial charge in [0.2, 0.25) is 11.7 Å². The highest BCUT2D eigenvalue weighted by Crippen LogP contribution is 2.08. The second kappa shape index (κ2) is 4.04. The number of aromatic carboxylic acids is 1. The van der Waals surface area contributed by atoms with Crippen LogP contribution in [0.25, 0.3) is 0 Å². The SMILES string of the molecule is Cc1nnc(NC(=O)c2cc(C(=O)O)on2)o1. The van der Waals surface area contributed by atoms with Crippen molar-refractivity contribution in [1.82, 2.24) is 15.4 Å². The van der Waals surface area contributed by atoms with E-state index in [0.29, 0.717) is 0 Å². The molecule has 0 fully saturated rings. The highest BCUT2D eigenvalue weighted by atomic mass is 16.5. The van der Waals surface area contributed by atoms with Gasteiger partial charge < -0.3 is 14.0 Å². The number of carboxylic acids is 1. The Labute approximate surface area is 93.4 Å². The Morgan fingerprint density at radius 2 is 2.18 bits per heavy atom. The first-order chi connectivity index (χ1) is 8.06. The molecule has 0 saturated carbocycles. The number of carboxylic acid groups (broad SMARTS) is 1. The molecule has 2 aromatic heterocycles. The van der Waals surface area contributed by atoms with Crippen molar-refractivity contribution in [2.45, 2.75) is 6.92 Å². The Hall–Kier alpha value is -2.71. The second-order valence-corrected chi connectivity index (χ2v) is 2.96. The van der Waals surface area contributed by atoms with Crippen molar-refractivity contribution < 1.29 is 23.6 Å². The third kappa shape index (κ3) is 2.27. The maximum Gasteiger partial charge on any atom is 0.374 e. The first-order valence-corrected chi connectivity index (χ1v) is 4.37. The normalized spacial score (nSPS) is 10.2. The van der Waals surface area contributed by atoms with E-state index in [1.54, 1.807) is 6.92 Å². The quantitative estimate of drug-likeness (QED) is 0.781. The van der Waals surface area contributed by atoms with E-state index in [9.17, 15) is 9.59 Å². The zero-order chi connectivity index (χ0) is 12.4. The van der Waals surface area contributed by atoms with Gasteiger partial charge in [-0.25, -0.2) is 4.79 Å². The van der Waals surface area contributed by atoms with Crippen molar-refractivity contribution in [3.63, 3.8) is 0 Å². The highest BCUT2D eigenvalue weighted by molar-refractivity contribution is 6.02. The summed E-state index contributed by atoms with van der Waals surface area (Å²) in [7, 11) is 0. The Bertz CT molecular complexity index is 572. The molecule has 17 heavy (non-hydrogen) atoms. The minimum Gasteiger partial charge on any atom is -0.475 e. The van der Waals surface area contributed by atoms with Crippen LogP contribution in [-0.4, -0.2) is 32.3 Å². The topological polar surface area (TPSA) is 131 Å². The van der Waals surface area contributed by atoms with Crippen LogP contribution >= 0.6 is 0 Å². The van der Waals surface area contributed by atoms with Crippen LogP contribution in [0, 0.1) is 6.92 Å². The van der Waals surface area contributed by atoms with Crippen molar-refractivity contribution in [3.8, 4) is 0 Å². The summed E-state index contributed by atoms with van der Waals surface area (Å²) in [5.41, 5.74) is -0.196. The number of anilines is 1. The van der Waals surface area contributed by atoms with Crippen molar-refractivity contribution >= 4 is 17.9 Å². The molecule has 0 atom stereocenters. The lowest BCUT2D eigenvalue weighted by Crippen LogP contribution is -2.12. The summed E-state index contributed by atoms with van der Waals surface area (Å²) in [5, 5.41) is 21.1. The molecule has 0 spiro atoms. The maximum absolute atomic E-state index is 11.5. The molecular weight excluding hydrogens is 232 g/mol. The monoisotopic (exact) mass is 238 g/mol. The van der Waals surface area contributed by atoms with E-state index in [2.05, 4.69) is 25.2 Å². The minimum atomic E-state index is -1.31. The van der Waals surface area contributed by atoms with Gasteiger partial charge in [-0.15, -0.1) is 5.10 Å². The van der Waals surface area contributed by atoms with Crippen LogP contribution in [0.1, 0.15) is 26.9 Å². The Balaban J connectivity index is 2.11. The summed E-state index contributed by atoms with van der Waals surface area (Å²) in [6.45, 7) is 1.56. The third-order valence-corrected chi connectivity index (χ3v) is 1.70. The largest absolute Gasteiger partial charge is 0.475 e. The van der Waals surface area contributed by atoms with E-state index >= 15 is 0 Å². The smallest absolute Gasteiger partial charge is 0.374 e. The van der Waals surface area contributed by atoms with Crippen molar-refractivity contribution in [1.29, 1.82) is 0 Å². The van der Waals surface area contributed by atoms with Crippen molar-refractivity contribution in [3.05, 3.63) is 23.4 Å². The number of amides is 1. The van der Waals surface area contributed by atoms with Crippen molar-refractivity contribution in [2.24, 2.45) is 0 Å². The van der Waals surface area contributed by atoms with Gasteiger partial charge in [0.15, 0.2) is 5.69 Å². The number of rotatable bonds is 3. The number of aryl methyl sites for hydroxylation is 1. The van der Waals surface area contributed by atoms with E-state index in [4.69, 9.17) is 9.52 Å². The molecule has 0 unspecified atom stereocenters. The molecule has 0 aliphatic heterocycles. The number of nitrogens with zero attached hydrogens (tertiary/aromatic N) is 3. The lowest BCUT2D eigenvalue weighted by molar-refractivity contribution is 0.0651. The van der Waals surface area contributed by atoms with E-state index in [-0.39, 0.29) is 17.6 Å². The first kappa shape index (κ1) is 10.8. The molecule has 2 aromatic rings. The fourth-order valence-electron chi connectivity index (χ4n) is 0.991. The number of aromatic nitrogens is 3. The molecule has 9 nitrogen and oxygen atoms in total. The molecule has 0 aliphatic carbocycles. The first-order valence-electron chi connectivity index (χ1n) is 4.37. The molecule has 0 saturated heterocycles. The lowest BCUT2D eigenvalue weighted by Gasteiger charge is -1.93. The molecule has 0 radical (unpaired) electrons. The fourth-order valence-corrected chi connectivity index (χ4v) is 0.991. The second-order valence-electron chi connectivity index (χ2n) is 2.96. The van der Waals surface area contributed by atoms with E-state index in [1.165, 1.54) is 0 Å².